The van der Waals surface area contributed by atoms with E-state index in [0.717, 1.165) is 45.0 Å². The van der Waals surface area contributed by atoms with Crippen LogP contribution in [0, 0.1) is 0 Å². The van der Waals surface area contributed by atoms with Gasteiger partial charge in [0.2, 0.25) is 0 Å². The zero-order valence-electron chi connectivity index (χ0n) is 14.0. The standard InChI is InChI=1S/C19H21ClN2O3/c20-16-8-17(10-21-9-16)25-13-18-12-22(4-6-23-18)11-14-1-2-19-15(7-14)3-5-24-19/h1-2,7-10,18H,3-6,11-13H2. The number of rotatable bonds is 5. The monoisotopic (exact) mass is 360 g/mol. The van der Waals surface area contributed by atoms with Crippen LogP contribution in [0.15, 0.2) is 36.7 Å². The Morgan fingerprint density at radius 1 is 1.24 bits per heavy atom. The minimum Gasteiger partial charge on any atom is -0.493 e. The van der Waals surface area contributed by atoms with E-state index < -0.39 is 0 Å². The Bertz CT molecular complexity index is 740. The Morgan fingerprint density at radius 3 is 3.12 bits per heavy atom. The fourth-order valence-electron chi connectivity index (χ4n) is 3.28. The summed E-state index contributed by atoms with van der Waals surface area (Å²) in [6.45, 7) is 4.72. The van der Waals surface area contributed by atoms with Gasteiger partial charge in [0.15, 0.2) is 0 Å². The molecular formula is C19H21ClN2O3. The van der Waals surface area contributed by atoms with Crippen LogP contribution in [0.3, 0.4) is 0 Å². The van der Waals surface area contributed by atoms with Gasteiger partial charge in [-0.3, -0.25) is 9.88 Å². The molecule has 1 unspecified atom stereocenters. The van der Waals surface area contributed by atoms with Crippen molar-refractivity contribution in [2.24, 2.45) is 0 Å². The number of fused-ring (bicyclic) bond motifs is 1. The molecule has 3 heterocycles. The zero-order valence-corrected chi connectivity index (χ0v) is 14.7. The number of hydrogen-bond acceptors (Lipinski definition) is 5. The van der Waals surface area contributed by atoms with E-state index in [1.165, 1.54) is 11.1 Å². The minimum absolute atomic E-state index is 0.0468. The molecule has 0 N–H and O–H groups in total. The number of ether oxygens (including phenoxy) is 3. The quantitative estimate of drug-likeness (QED) is 0.820. The Labute approximate surface area is 152 Å². The van der Waals surface area contributed by atoms with Crippen molar-refractivity contribution in [2.75, 3.05) is 32.9 Å². The second kappa shape index (κ2) is 7.60. The lowest BCUT2D eigenvalue weighted by molar-refractivity contribution is -0.0504. The second-order valence-corrected chi connectivity index (χ2v) is 6.85. The first-order chi connectivity index (χ1) is 12.3. The first-order valence-corrected chi connectivity index (χ1v) is 8.96. The van der Waals surface area contributed by atoms with Gasteiger partial charge in [-0.25, -0.2) is 0 Å². The van der Waals surface area contributed by atoms with Gasteiger partial charge < -0.3 is 14.2 Å². The SMILES string of the molecule is Clc1cncc(OCC2CN(Cc3ccc4c(c3)CCO4)CCO2)c1. The van der Waals surface area contributed by atoms with Crippen molar-refractivity contribution in [1.29, 1.82) is 0 Å². The maximum atomic E-state index is 5.93. The number of aromatic nitrogens is 1. The highest BCUT2D eigenvalue weighted by Crippen LogP contribution is 2.26. The Morgan fingerprint density at radius 2 is 2.20 bits per heavy atom. The summed E-state index contributed by atoms with van der Waals surface area (Å²) in [6.07, 6.45) is 4.32. The molecule has 4 rings (SSSR count). The summed E-state index contributed by atoms with van der Waals surface area (Å²) in [6, 6.07) is 8.27. The lowest BCUT2D eigenvalue weighted by Gasteiger charge is -2.32. The van der Waals surface area contributed by atoms with Crippen molar-refractivity contribution in [2.45, 2.75) is 19.1 Å². The lowest BCUT2D eigenvalue weighted by Crippen LogP contribution is -2.44. The molecule has 0 amide bonds. The predicted molar refractivity (Wildman–Crippen MR) is 95.4 cm³/mol. The van der Waals surface area contributed by atoms with Crippen molar-refractivity contribution in [3.8, 4) is 11.5 Å². The van der Waals surface area contributed by atoms with Gasteiger partial charge in [0.25, 0.3) is 0 Å². The molecule has 1 aromatic carbocycles. The highest BCUT2D eigenvalue weighted by atomic mass is 35.5. The summed E-state index contributed by atoms with van der Waals surface area (Å²) in [7, 11) is 0. The number of benzene rings is 1. The average Bonchev–Trinajstić information content (AvgIpc) is 3.08. The predicted octanol–water partition coefficient (Wildman–Crippen LogP) is 2.95. The van der Waals surface area contributed by atoms with Gasteiger partial charge in [0, 0.05) is 38.3 Å². The molecule has 2 aliphatic heterocycles. The van der Waals surface area contributed by atoms with E-state index in [4.69, 9.17) is 25.8 Å². The van der Waals surface area contributed by atoms with Gasteiger partial charge in [0.05, 0.1) is 24.4 Å². The molecular weight excluding hydrogens is 340 g/mol. The summed E-state index contributed by atoms with van der Waals surface area (Å²) >= 11 is 5.93. The van der Waals surface area contributed by atoms with E-state index >= 15 is 0 Å². The number of nitrogens with zero attached hydrogens (tertiary/aromatic N) is 2. The van der Waals surface area contributed by atoms with Gasteiger partial charge in [-0.2, -0.15) is 0 Å². The van der Waals surface area contributed by atoms with E-state index in [2.05, 4.69) is 28.1 Å². The third-order valence-corrected chi connectivity index (χ3v) is 4.71. The molecule has 1 aromatic heterocycles. The molecule has 2 aliphatic rings. The van der Waals surface area contributed by atoms with Crippen LogP contribution in [-0.4, -0.2) is 48.9 Å². The Hall–Kier alpha value is -1.82. The molecule has 132 valence electrons. The summed E-state index contributed by atoms with van der Waals surface area (Å²) < 4.78 is 17.2. The van der Waals surface area contributed by atoms with Crippen molar-refractivity contribution in [3.05, 3.63) is 52.8 Å². The molecule has 6 heteroatoms. The molecule has 25 heavy (non-hydrogen) atoms. The van der Waals surface area contributed by atoms with Gasteiger partial charge in [-0.15, -0.1) is 0 Å². The van der Waals surface area contributed by atoms with Crippen molar-refractivity contribution >= 4 is 11.6 Å². The number of pyridine rings is 1. The van der Waals surface area contributed by atoms with Crippen molar-refractivity contribution in [1.82, 2.24) is 9.88 Å². The van der Waals surface area contributed by atoms with Crippen LogP contribution in [0.1, 0.15) is 11.1 Å². The van der Waals surface area contributed by atoms with Crippen LogP contribution >= 0.6 is 11.6 Å². The van der Waals surface area contributed by atoms with Gasteiger partial charge in [-0.05, 0) is 17.2 Å². The Balaban J connectivity index is 1.31. The van der Waals surface area contributed by atoms with E-state index in [9.17, 15) is 0 Å². The topological polar surface area (TPSA) is 43.8 Å². The van der Waals surface area contributed by atoms with Crippen molar-refractivity contribution in [3.63, 3.8) is 0 Å². The first-order valence-electron chi connectivity index (χ1n) is 8.58. The molecule has 0 aliphatic carbocycles. The third kappa shape index (κ3) is 4.24. The summed E-state index contributed by atoms with van der Waals surface area (Å²) in [5, 5.41) is 0.573. The Kier molecular flexibility index (Phi) is 5.06. The van der Waals surface area contributed by atoms with Crippen LogP contribution in [0.25, 0.3) is 0 Å². The second-order valence-electron chi connectivity index (χ2n) is 6.42. The molecule has 0 spiro atoms. The summed E-state index contributed by atoms with van der Waals surface area (Å²) in [5.74, 6) is 1.71. The molecule has 1 atom stereocenters. The molecule has 1 fully saturated rings. The lowest BCUT2D eigenvalue weighted by atomic mass is 10.1. The van der Waals surface area contributed by atoms with Gasteiger partial charge in [0.1, 0.15) is 24.2 Å². The van der Waals surface area contributed by atoms with E-state index in [-0.39, 0.29) is 6.10 Å². The summed E-state index contributed by atoms with van der Waals surface area (Å²) in [4.78, 5) is 6.44. The molecule has 0 bridgehead atoms. The fraction of sp³-hybridized carbons (Fsp3) is 0.421. The van der Waals surface area contributed by atoms with E-state index in [0.29, 0.717) is 17.4 Å². The van der Waals surface area contributed by atoms with Crippen LogP contribution in [-0.2, 0) is 17.7 Å². The van der Waals surface area contributed by atoms with Crippen LogP contribution in [0.5, 0.6) is 11.5 Å². The molecule has 5 nitrogen and oxygen atoms in total. The highest BCUT2D eigenvalue weighted by Gasteiger charge is 2.22. The fourth-order valence-corrected chi connectivity index (χ4v) is 3.45. The van der Waals surface area contributed by atoms with Crippen LogP contribution in [0.4, 0.5) is 0 Å². The number of halogens is 1. The minimum atomic E-state index is 0.0468. The number of hydrogen-bond donors (Lipinski definition) is 0. The maximum Gasteiger partial charge on any atom is 0.139 e. The first kappa shape index (κ1) is 16.6. The third-order valence-electron chi connectivity index (χ3n) is 4.50. The van der Waals surface area contributed by atoms with E-state index in [1.807, 2.05) is 0 Å². The van der Waals surface area contributed by atoms with Crippen LogP contribution in [0.2, 0.25) is 5.02 Å². The van der Waals surface area contributed by atoms with Crippen molar-refractivity contribution < 1.29 is 14.2 Å². The van der Waals surface area contributed by atoms with Gasteiger partial charge >= 0.3 is 0 Å². The smallest absolute Gasteiger partial charge is 0.139 e. The average molecular weight is 361 g/mol. The van der Waals surface area contributed by atoms with E-state index in [1.54, 1.807) is 18.5 Å². The molecule has 1 saturated heterocycles. The molecule has 0 radical (unpaired) electrons. The van der Waals surface area contributed by atoms with Gasteiger partial charge in [-0.1, -0.05) is 23.7 Å². The van der Waals surface area contributed by atoms with Crippen LogP contribution < -0.4 is 9.47 Å². The maximum absolute atomic E-state index is 5.93. The zero-order chi connectivity index (χ0) is 17.1. The molecule has 2 aromatic rings. The highest BCUT2D eigenvalue weighted by molar-refractivity contribution is 6.30. The number of morpholine rings is 1. The summed E-state index contributed by atoms with van der Waals surface area (Å²) in [5.41, 5.74) is 2.64. The molecule has 0 saturated carbocycles. The normalized spacial score (nSPS) is 20.1. The largest absolute Gasteiger partial charge is 0.493 e.